The highest BCUT2D eigenvalue weighted by atomic mass is 32.2. The van der Waals surface area contributed by atoms with Crippen molar-refractivity contribution in [3.8, 4) is 0 Å². The molecule has 1 fully saturated rings. The number of piperazine rings is 1. The average molecular weight is 262 g/mol. The number of nitrogens with zero attached hydrogens (tertiary/aromatic N) is 2. The van der Waals surface area contributed by atoms with Crippen LogP contribution in [0.5, 0.6) is 0 Å². The third kappa shape index (κ3) is 2.73. The topological polar surface area (TPSA) is 6.48 Å². The van der Waals surface area contributed by atoms with Gasteiger partial charge in [0, 0.05) is 42.9 Å². The molecule has 0 amide bonds. The van der Waals surface area contributed by atoms with Crippen molar-refractivity contribution >= 4 is 11.8 Å². The molecule has 2 heterocycles. The van der Waals surface area contributed by atoms with Gasteiger partial charge in [-0.05, 0) is 24.6 Å². The van der Waals surface area contributed by atoms with Crippen LogP contribution in [0.4, 0.5) is 0 Å². The first-order valence-corrected chi connectivity index (χ1v) is 7.92. The molecule has 98 valence electrons. The molecule has 18 heavy (non-hydrogen) atoms. The van der Waals surface area contributed by atoms with Crippen molar-refractivity contribution < 1.29 is 0 Å². The summed E-state index contributed by atoms with van der Waals surface area (Å²) in [5, 5.41) is 0.774. The average Bonchev–Trinajstić information content (AvgIpc) is 2.82. The van der Waals surface area contributed by atoms with E-state index in [0.717, 1.165) is 5.25 Å². The van der Waals surface area contributed by atoms with Crippen LogP contribution in [0.2, 0.25) is 0 Å². The van der Waals surface area contributed by atoms with Gasteiger partial charge < -0.3 is 4.90 Å². The van der Waals surface area contributed by atoms with E-state index in [1.54, 1.807) is 5.56 Å². The van der Waals surface area contributed by atoms with E-state index in [2.05, 4.69) is 52.8 Å². The molecule has 0 N–H and O–H groups in total. The van der Waals surface area contributed by atoms with Crippen molar-refractivity contribution in [2.45, 2.75) is 23.5 Å². The van der Waals surface area contributed by atoms with Crippen molar-refractivity contribution in [1.29, 1.82) is 0 Å². The van der Waals surface area contributed by atoms with Gasteiger partial charge in [-0.25, -0.2) is 0 Å². The number of hydrogen-bond acceptors (Lipinski definition) is 3. The molecule has 0 aromatic heterocycles. The molecule has 1 unspecified atom stereocenters. The molecule has 0 radical (unpaired) electrons. The molecule has 2 nitrogen and oxygen atoms in total. The Hall–Kier alpha value is -0.510. The van der Waals surface area contributed by atoms with Gasteiger partial charge in [-0.3, -0.25) is 4.90 Å². The summed E-state index contributed by atoms with van der Waals surface area (Å²) in [4.78, 5) is 6.71. The molecule has 1 saturated heterocycles. The van der Waals surface area contributed by atoms with Crippen LogP contribution < -0.4 is 0 Å². The van der Waals surface area contributed by atoms with Crippen LogP contribution in [-0.4, -0.2) is 54.3 Å². The van der Waals surface area contributed by atoms with Gasteiger partial charge in [-0.2, -0.15) is 0 Å². The summed E-state index contributed by atoms with van der Waals surface area (Å²) < 4.78 is 0. The second-order valence-corrected chi connectivity index (χ2v) is 6.63. The molecule has 2 aliphatic heterocycles. The van der Waals surface area contributed by atoms with Gasteiger partial charge in [0.2, 0.25) is 0 Å². The highest BCUT2D eigenvalue weighted by Gasteiger charge is 2.25. The fourth-order valence-corrected chi connectivity index (χ4v) is 4.30. The van der Waals surface area contributed by atoms with Crippen LogP contribution in [-0.2, 0) is 6.42 Å². The van der Waals surface area contributed by atoms with Gasteiger partial charge in [-0.15, -0.1) is 11.8 Å². The number of likely N-dealkylation sites (N-methyl/N-ethyl adjacent to an activating group) is 1. The minimum atomic E-state index is 0.774. The Kier molecular flexibility index (Phi) is 3.92. The lowest BCUT2D eigenvalue weighted by molar-refractivity contribution is 0.138. The van der Waals surface area contributed by atoms with E-state index in [1.807, 2.05) is 0 Å². The fraction of sp³-hybridized carbons (Fsp3) is 0.600. The van der Waals surface area contributed by atoms with Crippen LogP contribution in [0, 0.1) is 0 Å². The second-order valence-electron chi connectivity index (χ2n) is 5.29. The molecule has 0 spiro atoms. The summed E-state index contributed by atoms with van der Waals surface area (Å²) in [7, 11) is 0. The van der Waals surface area contributed by atoms with Crippen molar-refractivity contribution in [3.63, 3.8) is 0 Å². The van der Waals surface area contributed by atoms with E-state index in [-0.39, 0.29) is 0 Å². The van der Waals surface area contributed by atoms with Crippen molar-refractivity contribution in [2.75, 3.05) is 39.3 Å². The molecule has 2 aliphatic rings. The maximum atomic E-state index is 2.65. The predicted octanol–water partition coefficient (Wildman–Crippen LogP) is 2.34. The minimum absolute atomic E-state index is 0.774. The van der Waals surface area contributed by atoms with Gasteiger partial charge in [-0.1, -0.05) is 25.1 Å². The molecule has 0 bridgehead atoms. The zero-order valence-electron chi connectivity index (χ0n) is 11.1. The Labute approximate surface area is 114 Å². The second kappa shape index (κ2) is 5.64. The summed E-state index contributed by atoms with van der Waals surface area (Å²) in [5.41, 5.74) is 1.56. The molecule has 0 aliphatic carbocycles. The first-order valence-electron chi connectivity index (χ1n) is 7.04. The maximum absolute atomic E-state index is 2.65. The van der Waals surface area contributed by atoms with Crippen LogP contribution in [0.25, 0.3) is 0 Å². The molecule has 0 saturated carbocycles. The quantitative estimate of drug-likeness (QED) is 0.825. The van der Waals surface area contributed by atoms with Crippen molar-refractivity contribution in [3.05, 3.63) is 29.8 Å². The third-order valence-electron chi connectivity index (χ3n) is 4.09. The Morgan fingerprint density at radius 3 is 2.56 bits per heavy atom. The largest absolute Gasteiger partial charge is 0.301 e. The Morgan fingerprint density at radius 1 is 1.11 bits per heavy atom. The van der Waals surface area contributed by atoms with Gasteiger partial charge in [0.25, 0.3) is 0 Å². The number of fused-ring (bicyclic) bond motifs is 1. The summed E-state index contributed by atoms with van der Waals surface area (Å²) in [6, 6.07) is 8.89. The highest BCUT2D eigenvalue weighted by Crippen LogP contribution is 2.37. The Bertz CT molecular complexity index is 374. The summed E-state index contributed by atoms with van der Waals surface area (Å²) in [5.74, 6) is 0. The van der Waals surface area contributed by atoms with E-state index in [4.69, 9.17) is 0 Å². The Morgan fingerprint density at radius 2 is 1.83 bits per heavy atom. The summed E-state index contributed by atoms with van der Waals surface area (Å²) in [6.07, 6.45) is 1.26. The van der Waals surface area contributed by atoms with Crippen LogP contribution in [0.1, 0.15) is 12.5 Å². The van der Waals surface area contributed by atoms with E-state index in [9.17, 15) is 0 Å². The molecule has 1 aromatic rings. The van der Waals surface area contributed by atoms with Crippen molar-refractivity contribution in [2.24, 2.45) is 0 Å². The number of hydrogen-bond donors (Lipinski definition) is 0. The van der Waals surface area contributed by atoms with Crippen LogP contribution >= 0.6 is 11.8 Å². The van der Waals surface area contributed by atoms with Gasteiger partial charge in [0.1, 0.15) is 0 Å². The van der Waals surface area contributed by atoms with E-state index < -0.39 is 0 Å². The number of thioether (sulfide) groups is 1. The number of benzene rings is 1. The first kappa shape index (κ1) is 12.5. The van der Waals surface area contributed by atoms with Gasteiger partial charge in [0.05, 0.1) is 0 Å². The predicted molar refractivity (Wildman–Crippen MR) is 78.3 cm³/mol. The smallest absolute Gasteiger partial charge is 0.0263 e. The monoisotopic (exact) mass is 262 g/mol. The number of rotatable bonds is 3. The first-order chi connectivity index (χ1) is 8.85. The van der Waals surface area contributed by atoms with E-state index in [0.29, 0.717) is 0 Å². The SMILES string of the molecule is CCN1CCN(CC2Cc3ccccc3S2)CC1. The zero-order chi connectivity index (χ0) is 12.4. The minimum Gasteiger partial charge on any atom is -0.301 e. The fourth-order valence-electron chi connectivity index (χ4n) is 2.93. The summed E-state index contributed by atoms with van der Waals surface area (Å²) >= 11 is 2.08. The van der Waals surface area contributed by atoms with E-state index in [1.165, 1.54) is 50.6 Å². The van der Waals surface area contributed by atoms with Gasteiger partial charge >= 0.3 is 0 Å². The van der Waals surface area contributed by atoms with Gasteiger partial charge in [0.15, 0.2) is 0 Å². The molecular weight excluding hydrogens is 240 g/mol. The highest BCUT2D eigenvalue weighted by molar-refractivity contribution is 8.00. The zero-order valence-corrected chi connectivity index (χ0v) is 12.0. The lowest BCUT2D eigenvalue weighted by atomic mass is 10.1. The summed E-state index contributed by atoms with van der Waals surface area (Å²) in [6.45, 7) is 9.73. The maximum Gasteiger partial charge on any atom is 0.0263 e. The van der Waals surface area contributed by atoms with Crippen LogP contribution in [0.15, 0.2) is 29.2 Å². The molecule has 3 heteroatoms. The molecular formula is C15H22N2S. The van der Waals surface area contributed by atoms with E-state index >= 15 is 0 Å². The molecule has 3 rings (SSSR count). The molecule has 1 atom stereocenters. The Balaban J connectivity index is 1.51. The standard InChI is InChI=1S/C15H22N2S/c1-2-16-7-9-17(10-8-16)12-14-11-13-5-3-4-6-15(13)18-14/h3-6,14H,2,7-12H2,1H3. The van der Waals surface area contributed by atoms with Crippen molar-refractivity contribution in [1.82, 2.24) is 9.80 Å². The normalized spacial score (nSPS) is 25.3. The lowest BCUT2D eigenvalue weighted by Crippen LogP contribution is -2.47. The van der Waals surface area contributed by atoms with Crippen LogP contribution in [0.3, 0.4) is 0 Å². The molecule has 1 aromatic carbocycles. The third-order valence-corrected chi connectivity index (χ3v) is 5.39. The lowest BCUT2D eigenvalue weighted by Gasteiger charge is -2.35.